The fourth-order valence-electron chi connectivity index (χ4n) is 1.95. The standard InChI is InChI=1S/C11H23NO2/c1-10(13-3)14-9-7-11-6-4-5-8-12(11)2/h10-11H,4-9H2,1-3H3. The van der Waals surface area contributed by atoms with Gasteiger partial charge in [-0.3, -0.25) is 0 Å². The average molecular weight is 201 g/mol. The van der Waals surface area contributed by atoms with Gasteiger partial charge in [-0.2, -0.15) is 0 Å². The van der Waals surface area contributed by atoms with Crippen LogP contribution < -0.4 is 0 Å². The lowest BCUT2D eigenvalue weighted by molar-refractivity contribution is -0.114. The molecule has 3 nitrogen and oxygen atoms in total. The van der Waals surface area contributed by atoms with Crippen molar-refractivity contribution in [1.82, 2.24) is 4.90 Å². The molecule has 0 saturated carbocycles. The van der Waals surface area contributed by atoms with Crippen molar-refractivity contribution in [2.24, 2.45) is 0 Å². The topological polar surface area (TPSA) is 21.7 Å². The van der Waals surface area contributed by atoms with Gasteiger partial charge in [-0.05, 0) is 39.8 Å². The molecule has 1 aliphatic rings. The summed E-state index contributed by atoms with van der Waals surface area (Å²) in [7, 11) is 3.89. The molecule has 1 heterocycles. The molecule has 84 valence electrons. The number of methoxy groups -OCH3 is 1. The van der Waals surface area contributed by atoms with Gasteiger partial charge in [0, 0.05) is 13.2 Å². The molecule has 0 aromatic carbocycles. The first-order valence-corrected chi connectivity index (χ1v) is 5.58. The van der Waals surface area contributed by atoms with E-state index in [4.69, 9.17) is 9.47 Å². The number of piperidine rings is 1. The van der Waals surface area contributed by atoms with Crippen LogP contribution in [0.25, 0.3) is 0 Å². The minimum atomic E-state index is -0.0658. The summed E-state index contributed by atoms with van der Waals surface area (Å²) in [6, 6.07) is 0.716. The van der Waals surface area contributed by atoms with Crippen molar-refractivity contribution < 1.29 is 9.47 Å². The summed E-state index contributed by atoms with van der Waals surface area (Å²) in [4.78, 5) is 2.45. The van der Waals surface area contributed by atoms with E-state index in [0.29, 0.717) is 6.04 Å². The van der Waals surface area contributed by atoms with Crippen molar-refractivity contribution >= 4 is 0 Å². The zero-order valence-corrected chi connectivity index (χ0v) is 9.66. The fraction of sp³-hybridized carbons (Fsp3) is 1.00. The smallest absolute Gasteiger partial charge is 0.154 e. The van der Waals surface area contributed by atoms with Gasteiger partial charge in [0.05, 0.1) is 6.61 Å². The van der Waals surface area contributed by atoms with Gasteiger partial charge < -0.3 is 14.4 Å². The Morgan fingerprint density at radius 2 is 2.21 bits per heavy atom. The minimum absolute atomic E-state index is 0.0658. The average Bonchev–Trinajstić information content (AvgIpc) is 2.20. The van der Waals surface area contributed by atoms with Crippen LogP contribution in [0.4, 0.5) is 0 Å². The van der Waals surface area contributed by atoms with Crippen LogP contribution in [0.15, 0.2) is 0 Å². The van der Waals surface area contributed by atoms with Crippen LogP contribution in [-0.4, -0.2) is 44.5 Å². The highest BCUT2D eigenvalue weighted by Gasteiger charge is 2.18. The quantitative estimate of drug-likeness (QED) is 0.634. The Labute approximate surface area is 87.4 Å². The number of likely N-dealkylation sites (tertiary alicyclic amines) is 1. The predicted octanol–water partition coefficient (Wildman–Crippen LogP) is 1.87. The maximum absolute atomic E-state index is 5.49. The van der Waals surface area contributed by atoms with Gasteiger partial charge in [0.2, 0.25) is 0 Å². The Bertz CT molecular complexity index is 152. The van der Waals surface area contributed by atoms with Gasteiger partial charge in [0.25, 0.3) is 0 Å². The molecular weight excluding hydrogens is 178 g/mol. The fourth-order valence-corrected chi connectivity index (χ4v) is 1.95. The highest BCUT2D eigenvalue weighted by molar-refractivity contribution is 4.73. The molecule has 14 heavy (non-hydrogen) atoms. The molecule has 0 spiro atoms. The number of ether oxygens (including phenoxy) is 2. The number of rotatable bonds is 5. The van der Waals surface area contributed by atoms with Crippen molar-refractivity contribution in [3.8, 4) is 0 Å². The van der Waals surface area contributed by atoms with Gasteiger partial charge in [-0.25, -0.2) is 0 Å². The van der Waals surface area contributed by atoms with Gasteiger partial charge in [0.1, 0.15) is 0 Å². The Balaban J connectivity index is 2.10. The highest BCUT2D eigenvalue weighted by atomic mass is 16.7. The molecule has 1 fully saturated rings. The third-order valence-electron chi connectivity index (χ3n) is 3.06. The first-order chi connectivity index (χ1) is 6.74. The van der Waals surface area contributed by atoms with Gasteiger partial charge >= 0.3 is 0 Å². The summed E-state index contributed by atoms with van der Waals surface area (Å²) < 4.78 is 10.5. The van der Waals surface area contributed by atoms with Crippen molar-refractivity contribution in [2.45, 2.75) is 44.9 Å². The molecule has 0 radical (unpaired) electrons. The molecular formula is C11H23NO2. The summed E-state index contributed by atoms with van der Waals surface area (Å²) in [5.41, 5.74) is 0. The molecule has 1 saturated heterocycles. The first-order valence-electron chi connectivity index (χ1n) is 5.58. The lowest BCUT2D eigenvalue weighted by Gasteiger charge is -2.32. The predicted molar refractivity (Wildman–Crippen MR) is 57.3 cm³/mol. The Morgan fingerprint density at radius 3 is 2.86 bits per heavy atom. The zero-order valence-electron chi connectivity index (χ0n) is 9.66. The van der Waals surface area contributed by atoms with Crippen LogP contribution in [0.2, 0.25) is 0 Å². The largest absolute Gasteiger partial charge is 0.356 e. The van der Waals surface area contributed by atoms with Crippen LogP contribution in [0.5, 0.6) is 0 Å². The molecule has 0 aromatic rings. The second-order valence-electron chi connectivity index (χ2n) is 4.09. The van der Waals surface area contributed by atoms with Crippen molar-refractivity contribution in [1.29, 1.82) is 0 Å². The maximum Gasteiger partial charge on any atom is 0.154 e. The van der Waals surface area contributed by atoms with E-state index in [1.165, 1.54) is 25.8 Å². The van der Waals surface area contributed by atoms with Gasteiger partial charge in [-0.1, -0.05) is 6.42 Å². The van der Waals surface area contributed by atoms with Crippen LogP contribution in [-0.2, 0) is 9.47 Å². The number of hydrogen-bond acceptors (Lipinski definition) is 3. The van der Waals surface area contributed by atoms with Gasteiger partial charge in [0.15, 0.2) is 6.29 Å². The molecule has 0 aromatic heterocycles. The van der Waals surface area contributed by atoms with Crippen molar-refractivity contribution in [3.63, 3.8) is 0 Å². The summed E-state index contributed by atoms with van der Waals surface area (Å²) >= 11 is 0. The monoisotopic (exact) mass is 201 g/mol. The zero-order chi connectivity index (χ0) is 10.4. The van der Waals surface area contributed by atoms with Crippen molar-refractivity contribution in [3.05, 3.63) is 0 Å². The molecule has 1 aliphatic heterocycles. The van der Waals surface area contributed by atoms with E-state index in [9.17, 15) is 0 Å². The molecule has 0 bridgehead atoms. The van der Waals surface area contributed by atoms with Crippen LogP contribution >= 0.6 is 0 Å². The Kier molecular flexibility index (Phi) is 5.45. The third kappa shape index (κ3) is 3.95. The van der Waals surface area contributed by atoms with E-state index in [1.807, 2.05) is 6.92 Å². The molecule has 3 heteroatoms. The Morgan fingerprint density at radius 1 is 1.43 bits per heavy atom. The molecule has 2 atom stereocenters. The van der Waals surface area contributed by atoms with E-state index in [0.717, 1.165) is 13.0 Å². The summed E-state index contributed by atoms with van der Waals surface area (Å²) in [6.07, 6.45) is 5.10. The first kappa shape index (κ1) is 12.0. The Hall–Kier alpha value is -0.120. The number of nitrogens with zero attached hydrogens (tertiary/aromatic N) is 1. The maximum atomic E-state index is 5.49. The third-order valence-corrected chi connectivity index (χ3v) is 3.06. The van der Waals surface area contributed by atoms with E-state index in [2.05, 4.69) is 11.9 Å². The minimum Gasteiger partial charge on any atom is -0.356 e. The lowest BCUT2D eigenvalue weighted by atomic mass is 10.0. The van der Waals surface area contributed by atoms with Crippen LogP contribution in [0.3, 0.4) is 0 Å². The second-order valence-corrected chi connectivity index (χ2v) is 4.09. The highest BCUT2D eigenvalue weighted by Crippen LogP contribution is 2.17. The molecule has 2 unspecified atom stereocenters. The SMILES string of the molecule is COC(C)OCCC1CCCCN1C. The second kappa shape index (κ2) is 6.38. The van der Waals surface area contributed by atoms with Crippen molar-refractivity contribution in [2.75, 3.05) is 27.3 Å². The summed E-state index contributed by atoms with van der Waals surface area (Å²) in [5, 5.41) is 0. The normalized spacial score (nSPS) is 26.4. The van der Waals surface area contributed by atoms with E-state index >= 15 is 0 Å². The van der Waals surface area contributed by atoms with Crippen LogP contribution in [0.1, 0.15) is 32.6 Å². The van der Waals surface area contributed by atoms with Crippen LogP contribution in [0, 0.1) is 0 Å². The molecule has 1 rings (SSSR count). The van der Waals surface area contributed by atoms with E-state index in [-0.39, 0.29) is 6.29 Å². The molecule has 0 amide bonds. The molecule has 0 aliphatic carbocycles. The number of hydrogen-bond donors (Lipinski definition) is 0. The van der Waals surface area contributed by atoms with E-state index < -0.39 is 0 Å². The van der Waals surface area contributed by atoms with Gasteiger partial charge in [-0.15, -0.1) is 0 Å². The summed E-state index contributed by atoms with van der Waals surface area (Å²) in [6.45, 7) is 3.99. The molecule has 0 N–H and O–H groups in total. The van der Waals surface area contributed by atoms with E-state index in [1.54, 1.807) is 7.11 Å². The summed E-state index contributed by atoms with van der Waals surface area (Å²) in [5.74, 6) is 0. The lowest BCUT2D eigenvalue weighted by Crippen LogP contribution is -2.37.